The topological polar surface area (TPSA) is 65.3 Å². The molecule has 2 aromatic carbocycles. The third-order valence-electron chi connectivity index (χ3n) is 4.17. The highest BCUT2D eigenvalue weighted by molar-refractivity contribution is 6.30. The molecule has 0 aromatic heterocycles. The van der Waals surface area contributed by atoms with Crippen LogP contribution < -0.4 is 9.91 Å². The molecule has 1 saturated heterocycles. The Labute approximate surface area is 143 Å². The number of fused-ring (bicyclic) bond motifs is 1. The van der Waals surface area contributed by atoms with Gasteiger partial charge in [0.2, 0.25) is 0 Å². The van der Waals surface area contributed by atoms with Crippen molar-refractivity contribution in [1.82, 2.24) is 0 Å². The van der Waals surface area contributed by atoms with Crippen LogP contribution >= 0.6 is 11.6 Å². The summed E-state index contributed by atoms with van der Waals surface area (Å²) in [6.45, 7) is 1.95. The van der Waals surface area contributed by atoms with E-state index in [9.17, 15) is 9.59 Å². The SMILES string of the molecule is Cc1ccc(N2C(=O)[C@@H]3[C@@H](N=NN3c3ccc(Cl)cc3)C2=O)cc1. The lowest BCUT2D eigenvalue weighted by Crippen LogP contribution is -2.39. The van der Waals surface area contributed by atoms with Gasteiger partial charge in [-0.1, -0.05) is 34.5 Å². The molecule has 0 aliphatic carbocycles. The fourth-order valence-corrected chi connectivity index (χ4v) is 3.04. The molecule has 0 N–H and O–H groups in total. The van der Waals surface area contributed by atoms with Gasteiger partial charge in [-0.05, 0) is 43.3 Å². The molecule has 120 valence electrons. The second kappa shape index (κ2) is 5.42. The van der Waals surface area contributed by atoms with Crippen LogP contribution in [0.2, 0.25) is 5.02 Å². The molecule has 0 bridgehead atoms. The van der Waals surface area contributed by atoms with Gasteiger partial charge in [-0.2, -0.15) is 5.11 Å². The minimum Gasteiger partial charge on any atom is -0.271 e. The molecule has 0 saturated carbocycles. The minimum atomic E-state index is -0.811. The summed E-state index contributed by atoms with van der Waals surface area (Å²) in [5.41, 5.74) is 2.28. The molecule has 2 aliphatic heterocycles. The lowest BCUT2D eigenvalue weighted by atomic mass is 10.1. The molecule has 2 amide bonds. The molecule has 2 aromatic rings. The van der Waals surface area contributed by atoms with Crippen molar-refractivity contribution in [2.24, 2.45) is 10.3 Å². The molecule has 0 unspecified atom stereocenters. The van der Waals surface area contributed by atoms with E-state index in [2.05, 4.69) is 10.3 Å². The number of rotatable bonds is 2. The number of carbonyl (C=O) groups excluding carboxylic acids is 2. The monoisotopic (exact) mass is 340 g/mol. The van der Waals surface area contributed by atoms with Crippen molar-refractivity contribution in [3.8, 4) is 0 Å². The zero-order valence-corrected chi connectivity index (χ0v) is 13.5. The Morgan fingerprint density at radius 1 is 0.917 bits per heavy atom. The Morgan fingerprint density at radius 3 is 2.21 bits per heavy atom. The largest absolute Gasteiger partial charge is 0.271 e. The Bertz CT molecular complexity index is 848. The van der Waals surface area contributed by atoms with Crippen LogP contribution in [0.25, 0.3) is 0 Å². The van der Waals surface area contributed by atoms with Gasteiger partial charge < -0.3 is 0 Å². The van der Waals surface area contributed by atoms with Crippen molar-refractivity contribution in [3.05, 3.63) is 59.1 Å². The lowest BCUT2D eigenvalue weighted by Gasteiger charge is -2.20. The quantitative estimate of drug-likeness (QED) is 0.789. The zero-order valence-electron chi connectivity index (χ0n) is 12.8. The summed E-state index contributed by atoms with van der Waals surface area (Å²) in [5.74, 6) is -0.678. The summed E-state index contributed by atoms with van der Waals surface area (Å²) in [4.78, 5) is 26.7. The van der Waals surface area contributed by atoms with Gasteiger partial charge >= 0.3 is 0 Å². The van der Waals surface area contributed by atoms with Crippen molar-refractivity contribution in [2.45, 2.75) is 19.0 Å². The predicted octanol–water partition coefficient (Wildman–Crippen LogP) is 3.15. The van der Waals surface area contributed by atoms with Crippen LogP contribution in [0.15, 0.2) is 58.9 Å². The molecule has 7 heteroatoms. The van der Waals surface area contributed by atoms with Crippen LogP contribution in [0.1, 0.15) is 5.56 Å². The summed E-state index contributed by atoms with van der Waals surface area (Å²) >= 11 is 5.90. The molecule has 2 aliphatic rings. The summed E-state index contributed by atoms with van der Waals surface area (Å²) in [7, 11) is 0. The van der Waals surface area contributed by atoms with Crippen molar-refractivity contribution in [1.29, 1.82) is 0 Å². The highest BCUT2D eigenvalue weighted by Crippen LogP contribution is 2.35. The molecule has 0 radical (unpaired) electrons. The fourth-order valence-electron chi connectivity index (χ4n) is 2.92. The van der Waals surface area contributed by atoms with E-state index in [0.717, 1.165) is 5.56 Å². The van der Waals surface area contributed by atoms with E-state index in [1.165, 1.54) is 9.91 Å². The van der Waals surface area contributed by atoms with Gasteiger partial charge in [-0.15, -0.1) is 0 Å². The number of aryl methyl sites for hydroxylation is 1. The Hall–Kier alpha value is -2.73. The minimum absolute atomic E-state index is 0.325. The number of carbonyl (C=O) groups is 2. The van der Waals surface area contributed by atoms with Gasteiger partial charge in [0.25, 0.3) is 11.8 Å². The van der Waals surface area contributed by atoms with E-state index >= 15 is 0 Å². The Balaban J connectivity index is 1.69. The highest BCUT2D eigenvalue weighted by Gasteiger charge is 2.55. The second-order valence-electron chi connectivity index (χ2n) is 5.76. The van der Waals surface area contributed by atoms with E-state index in [1.807, 2.05) is 19.1 Å². The van der Waals surface area contributed by atoms with Gasteiger partial charge in [0.15, 0.2) is 12.1 Å². The van der Waals surface area contributed by atoms with E-state index in [-0.39, 0.29) is 11.8 Å². The lowest BCUT2D eigenvalue weighted by molar-refractivity contribution is -0.121. The van der Waals surface area contributed by atoms with E-state index in [1.54, 1.807) is 36.4 Å². The number of anilines is 2. The van der Waals surface area contributed by atoms with Crippen molar-refractivity contribution < 1.29 is 9.59 Å². The van der Waals surface area contributed by atoms with Gasteiger partial charge in [0.1, 0.15) is 0 Å². The van der Waals surface area contributed by atoms with Crippen LogP contribution in [0.5, 0.6) is 0 Å². The van der Waals surface area contributed by atoms with Gasteiger partial charge in [-0.3, -0.25) is 9.59 Å². The van der Waals surface area contributed by atoms with E-state index in [4.69, 9.17) is 11.6 Å². The molecule has 1 fully saturated rings. The zero-order chi connectivity index (χ0) is 16.8. The fraction of sp³-hybridized carbons (Fsp3) is 0.176. The molecular weight excluding hydrogens is 328 g/mol. The van der Waals surface area contributed by atoms with Crippen molar-refractivity contribution in [3.63, 3.8) is 0 Å². The summed E-state index contributed by atoms with van der Waals surface area (Å²) < 4.78 is 0. The van der Waals surface area contributed by atoms with Gasteiger partial charge in [0.05, 0.1) is 11.4 Å². The maximum absolute atomic E-state index is 12.9. The molecule has 6 nitrogen and oxygen atoms in total. The summed E-state index contributed by atoms with van der Waals surface area (Å²) in [6.07, 6.45) is 0. The number of hydrogen-bond acceptors (Lipinski definition) is 5. The first-order valence-electron chi connectivity index (χ1n) is 7.46. The van der Waals surface area contributed by atoms with Crippen LogP contribution in [0.4, 0.5) is 11.4 Å². The first-order valence-corrected chi connectivity index (χ1v) is 7.84. The maximum atomic E-state index is 12.9. The molecule has 2 heterocycles. The van der Waals surface area contributed by atoms with E-state index in [0.29, 0.717) is 16.4 Å². The van der Waals surface area contributed by atoms with Crippen LogP contribution in [0, 0.1) is 6.92 Å². The van der Waals surface area contributed by atoms with Crippen LogP contribution in [0.3, 0.4) is 0 Å². The van der Waals surface area contributed by atoms with Crippen LogP contribution in [-0.2, 0) is 9.59 Å². The third-order valence-corrected chi connectivity index (χ3v) is 4.42. The average molecular weight is 341 g/mol. The molecule has 0 spiro atoms. The van der Waals surface area contributed by atoms with Gasteiger partial charge in [-0.25, -0.2) is 9.91 Å². The molecular formula is C17H13ClN4O2. The Kier molecular flexibility index (Phi) is 3.35. The van der Waals surface area contributed by atoms with Crippen molar-refractivity contribution in [2.75, 3.05) is 9.91 Å². The van der Waals surface area contributed by atoms with Crippen molar-refractivity contribution >= 4 is 34.8 Å². The average Bonchev–Trinajstić information content (AvgIpc) is 3.11. The Morgan fingerprint density at radius 2 is 1.54 bits per heavy atom. The van der Waals surface area contributed by atoms with Gasteiger partial charge in [0, 0.05) is 5.02 Å². The molecule has 4 rings (SSSR count). The first kappa shape index (κ1) is 14.8. The molecule has 24 heavy (non-hydrogen) atoms. The normalized spacial score (nSPS) is 22.4. The number of nitrogens with zero attached hydrogens (tertiary/aromatic N) is 4. The summed E-state index contributed by atoms with van der Waals surface area (Å²) in [5, 5.41) is 10.1. The van der Waals surface area contributed by atoms with Crippen LogP contribution in [-0.4, -0.2) is 23.9 Å². The number of halogens is 1. The standard InChI is InChI=1S/C17H13ClN4O2/c1-10-2-6-12(7-3-10)21-16(23)14-15(17(21)24)22(20-19-14)13-8-4-11(18)5-9-13/h2-9,14-15H,1H3/t14-,15+/m1/s1. The first-order chi connectivity index (χ1) is 11.6. The summed E-state index contributed by atoms with van der Waals surface area (Å²) in [6, 6.07) is 12.6. The number of imide groups is 1. The number of benzene rings is 2. The third kappa shape index (κ3) is 2.18. The number of hydrogen-bond donors (Lipinski definition) is 0. The highest BCUT2D eigenvalue weighted by atomic mass is 35.5. The maximum Gasteiger partial charge on any atom is 0.263 e. The smallest absolute Gasteiger partial charge is 0.263 e. The van der Waals surface area contributed by atoms with E-state index < -0.39 is 12.1 Å². The second-order valence-corrected chi connectivity index (χ2v) is 6.20. The molecule has 2 atom stereocenters. The number of amides is 2. The predicted molar refractivity (Wildman–Crippen MR) is 90.0 cm³/mol.